The third-order valence-electron chi connectivity index (χ3n) is 5.36. The van der Waals surface area contributed by atoms with Crippen molar-refractivity contribution < 1.29 is 0 Å². The number of H-pyrrole nitrogens is 1. The summed E-state index contributed by atoms with van der Waals surface area (Å²) in [7, 11) is -2.05. The van der Waals surface area contributed by atoms with Gasteiger partial charge in [0, 0.05) is 21.8 Å². The fourth-order valence-corrected chi connectivity index (χ4v) is 7.75. The first kappa shape index (κ1) is 17.5. The summed E-state index contributed by atoms with van der Waals surface area (Å²) in [4.78, 5) is 3.71. The van der Waals surface area contributed by atoms with Gasteiger partial charge >= 0.3 is 0 Å². The molecule has 1 N–H and O–H groups in total. The average Bonchev–Trinajstić information content (AvgIpc) is 2.91. The Morgan fingerprint density at radius 3 is 2.21 bits per heavy atom. The zero-order chi connectivity index (χ0) is 17.3. The van der Waals surface area contributed by atoms with Gasteiger partial charge in [-0.15, -0.1) is 0 Å². The molecular weight excluding hydrogens is 322 g/mol. The number of aromatic nitrogens is 1. The maximum atomic E-state index is 3.71. The van der Waals surface area contributed by atoms with Crippen molar-refractivity contribution >= 4 is 49.0 Å². The number of rotatable bonds is 6. The van der Waals surface area contributed by atoms with Gasteiger partial charge in [0.2, 0.25) is 0 Å². The summed E-state index contributed by atoms with van der Waals surface area (Å²) in [6.45, 7) is 11.9. The predicted molar refractivity (Wildman–Crippen MR) is 116 cm³/mol. The van der Waals surface area contributed by atoms with E-state index in [1.54, 1.807) is 5.19 Å². The van der Waals surface area contributed by atoms with Gasteiger partial charge in [0.1, 0.15) is 0 Å². The Balaban J connectivity index is 2.05. The number of unbranched alkanes of at least 4 members (excludes halogenated alkanes) is 1. The van der Waals surface area contributed by atoms with E-state index in [-0.39, 0.29) is 0 Å². The molecule has 0 bridgehead atoms. The fourth-order valence-electron chi connectivity index (χ4n) is 3.71. The number of nitrogens with one attached hydrogen (secondary N) is 1. The van der Waals surface area contributed by atoms with Gasteiger partial charge in [-0.2, -0.15) is 0 Å². The lowest BCUT2D eigenvalue weighted by Gasteiger charge is -2.16. The van der Waals surface area contributed by atoms with Crippen LogP contribution in [0.3, 0.4) is 0 Å². The second-order valence-corrected chi connectivity index (χ2v) is 16.7. The van der Waals surface area contributed by atoms with Gasteiger partial charge in [0.15, 0.2) is 0 Å². The maximum Gasteiger partial charge on any atom is 0.0776 e. The Bertz CT molecular complexity index is 842. The molecule has 1 unspecified atom stereocenters. The summed E-state index contributed by atoms with van der Waals surface area (Å²) in [5, 5.41) is 5.93. The molecule has 0 saturated heterocycles. The molecule has 0 aliphatic rings. The van der Waals surface area contributed by atoms with Crippen LogP contribution in [0, 0.1) is 0 Å². The second kappa shape index (κ2) is 6.89. The minimum atomic E-state index is -1.26. The highest BCUT2D eigenvalue weighted by atomic mass is 28.3. The quantitative estimate of drug-likeness (QED) is 0.592. The van der Waals surface area contributed by atoms with Gasteiger partial charge < -0.3 is 4.98 Å². The van der Waals surface area contributed by atoms with Crippen molar-refractivity contribution in [2.75, 3.05) is 0 Å². The molecule has 24 heavy (non-hydrogen) atoms. The second-order valence-electron chi connectivity index (χ2n) is 8.19. The van der Waals surface area contributed by atoms with Crippen molar-refractivity contribution in [2.24, 2.45) is 0 Å². The van der Waals surface area contributed by atoms with E-state index in [0.29, 0.717) is 0 Å². The van der Waals surface area contributed by atoms with Crippen molar-refractivity contribution in [3.8, 4) is 0 Å². The number of hydrogen-bond donors (Lipinski definition) is 1. The maximum absolute atomic E-state index is 3.71. The van der Waals surface area contributed by atoms with Gasteiger partial charge in [0.25, 0.3) is 0 Å². The molecule has 1 heterocycles. The number of hydrogen-bond acceptors (Lipinski definition) is 0. The highest BCUT2D eigenvalue weighted by Crippen LogP contribution is 2.25. The van der Waals surface area contributed by atoms with Crippen LogP contribution < -0.4 is 10.4 Å². The number of fused-ring (bicyclic) bond motifs is 3. The van der Waals surface area contributed by atoms with Crippen LogP contribution in [-0.2, 0) is 0 Å². The SMILES string of the molecule is CCCC[SiH](CC)c1ccc2c(c1)[nH]c1cc([Si](C)(C)C)ccc12. The van der Waals surface area contributed by atoms with Crippen LogP contribution in [0.1, 0.15) is 26.7 Å². The van der Waals surface area contributed by atoms with Gasteiger partial charge in [-0.25, -0.2) is 0 Å². The zero-order valence-electron chi connectivity index (χ0n) is 15.9. The van der Waals surface area contributed by atoms with Crippen molar-refractivity contribution in [3.63, 3.8) is 0 Å². The van der Waals surface area contributed by atoms with Crippen LogP contribution in [0.4, 0.5) is 0 Å². The van der Waals surface area contributed by atoms with Crippen molar-refractivity contribution in [1.29, 1.82) is 0 Å². The van der Waals surface area contributed by atoms with Gasteiger partial charge in [-0.1, -0.05) is 93.1 Å². The Morgan fingerprint density at radius 1 is 0.917 bits per heavy atom. The number of benzene rings is 2. The Kier molecular flexibility index (Phi) is 5.02. The summed E-state index contributed by atoms with van der Waals surface area (Å²) in [5.41, 5.74) is 2.64. The van der Waals surface area contributed by atoms with E-state index in [1.165, 1.54) is 51.9 Å². The van der Waals surface area contributed by atoms with Crippen LogP contribution >= 0.6 is 0 Å². The summed E-state index contributed by atoms with van der Waals surface area (Å²) in [6.07, 6.45) is 2.70. The molecule has 1 nitrogen and oxygen atoms in total. The zero-order valence-corrected chi connectivity index (χ0v) is 18.0. The smallest absolute Gasteiger partial charge is 0.0776 e. The molecule has 0 saturated carbocycles. The normalized spacial score (nSPS) is 13.7. The van der Waals surface area contributed by atoms with E-state index in [0.717, 1.165) is 0 Å². The fraction of sp³-hybridized carbons (Fsp3) is 0.429. The van der Waals surface area contributed by atoms with Crippen molar-refractivity contribution in [3.05, 3.63) is 36.4 Å². The first-order valence-electron chi connectivity index (χ1n) is 9.50. The lowest BCUT2D eigenvalue weighted by Crippen LogP contribution is -2.37. The molecule has 0 aliphatic carbocycles. The van der Waals surface area contributed by atoms with Crippen LogP contribution in [0.2, 0.25) is 31.7 Å². The van der Waals surface area contributed by atoms with Crippen LogP contribution in [0.25, 0.3) is 21.8 Å². The highest BCUT2D eigenvalue weighted by Gasteiger charge is 2.18. The minimum absolute atomic E-state index is 0.792. The molecule has 1 atom stereocenters. The van der Waals surface area contributed by atoms with Crippen molar-refractivity contribution in [1.82, 2.24) is 4.98 Å². The van der Waals surface area contributed by atoms with E-state index in [1.807, 2.05) is 0 Å². The van der Waals surface area contributed by atoms with E-state index < -0.39 is 16.9 Å². The van der Waals surface area contributed by atoms with Crippen LogP contribution in [0.5, 0.6) is 0 Å². The molecule has 0 fully saturated rings. The lowest BCUT2D eigenvalue weighted by atomic mass is 10.1. The topological polar surface area (TPSA) is 15.8 Å². The molecule has 3 rings (SSSR count). The Morgan fingerprint density at radius 2 is 1.58 bits per heavy atom. The summed E-state index contributed by atoms with van der Waals surface area (Å²) >= 11 is 0. The standard InChI is InChI=1S/C21H31NSi2/c1-6-8-13-23(7-2)16-9-11-18-19-12-10-17(24(3,4)5)15-21(19)22-20(18)14-16/h9-12,14-15,22-23H,6-8,13H2,1-5H3. The van der Waals surface area contributed by atoms with Crippen molar-refractivity contribution in [2.45, 2.75) is 58.4 Å². The average molecular weight is 354 g/mol. The molecule has 1 aromatic heterocycles. The largest absolute Gasteiger partial charge is 0.355 e. The molecular formula is C21H31NSi2. The first-order valence-corrected chi connectivity index (χ1v) is 15.2. The van der Waals surface area contributed by atoms with E-state index >= 15 is 0 Å². The minimum Gasteiger partial charge on any atom is -0.355 e. The van der Waals surface area contributed by atoms with Crippen LogP contribution in [0.15, 0.2) is 36.4 Å². The monoisotopic (exact) mass is 353 g/mol. The lowest BCUT2D eigenvalue weighted by molar-refractivity contribution is 0.874. The van der Waals surface area contributed by atoms with E-state index in [2.05, 4.69) is 74.9 Å². The molecule has 0 aliphatic heterocycles. The van der Waals surface area contributed by atoms with Gasteiger partial charge in [0.05, 0.1) is 16.9 Å². The third-order valence-corrected chi connectivity index (χ3v) is 10.8. The van der Waals surface area contributed by atoms with E-state index in [4.69, 9.17) is 0 Å². The molecule has 0 radical (unpaired) electrons. The van der Waals surface area contributed by atoms with E-state index in [9.17, 15) is 0 Å². The molecule has 0 amide bonds. The Labute approximate surface area is 149 Å². The summed E-state index contributed by atoms with van der Waals surface area (Å²) in [6, 6.07) is 17.1. The molecule has 3 heteroatoms. The van der Waals surface area contributed by atoms with Gasteiger partial charge in [-0.05, 0) is 12.1 Å². The predicted octanol–water partition coefficient (Wildman–Crippen LogP) is 5.12. The first-order chi connectivity index (χ1) is 11.4. The Hall–Kier alpha value is -1.33. The molecule has 2 aromatic carbocycles. The van der Waals surface area contributed by atoms with Gasteiger partial charge in [-0.3, -0.25) is 0 Å². The molecule has 0 spiro atoms. The summed E-state index contributed by atoms with van der Waals surface area (Å²) < 4.78 is 0. The number of aromatic amines is 1. The molecule has 3 aromatic rings. The third kappa shape index (κ3) is 3.38. The summed E-state index contributed by atoms with van der Waals surface area (Å²) in [5.74, 6) is 0. The van der Waals surface area contributed by atoms with Crippen LogP contribution in [-0.4, -0.2) is 21.9 Å². The highest BCUT2D eigenvalue weighted by molar-refractivity contribution is 6.88. The molecule has 128 valence electrons.